The van der Waals surface area contributed by atoms with Crippen LogP contribution in [0.15, 0.2) is 115 Å². The highest BCUT2D eigenvalue weighted by molar-refractivity contribution is 6.29. The van der Waals surface area contributed by atoms with Crippen LogP contribution < -0.4 is 0 Å². The largest absolute Gasteiger partial charge is 0.462 e. The van der Waals surface area contributed by atoms with Crippen LogP contribution in [-0.4, -0.2) is 48.0 Å². The van der Waals surface area contributed by atoms with E-state index in [-0.39, 0.29) is 13.2 Å². The van der Waals surface area contributed by atoms with E-state index >= 15 is 0 Å². The zero-order valence-corrected chi connectivity index (χ0v) is 18.6. The topological polar surface area (TPSA) is 102 Å². The van der Waals surface area contributed by atoms with Crippen LogP contribution in [0.25, 0.3) is 0 Å². The van der Waals surface area contributed by atoms with E-state index in [9.17, 15) is 9.59 Å². The van der Waals surface area contributed by atoms with Gasteiger partial charge in [-0.2, -0.15) is 0 Å². The summed E-state index contributed by atoms with van der Waals surface area (Å²) in [5.74, 6) is -0.983. The van der Waals surface area contributed by atoms with E-state index < -0.39 is 11.9 Å². The van der Waals surface area contributed by atoms with Crippen molar-refractivity contribution in [3.05, 3.63) is 94.7 Å². The van der Waals surface area contributed by atoms with E-state index in [1.165, 1.54) is 0 Å². The lowest BCUT2D eigenvalue weighted by molar-refractivity contribution is -0.138. The number of carbonyl (C=O) groups excluding carboxylic acids is 2. The van der Waals surface area contributed by atoms with Gasteiger partial charge in [-0.05, 0) is 74.6 Å². The Morgan fingerprint density at radius 1 is 0.618 bits per heavy atom. The van der Waals surface area contributed by atoms with E-state index in [4.69, 9.17) is 9.47 Å². The second kappa shape index (κ2) is 8.82. The van der Waals surface area contributed by atoms with Gasteiger partial charge in [-0.15, -0.1) is 0 Å². The molecule has 0 saturated heterocycles. The number of esters is 2. The number of nitrogens with zero attached hydrogens (tertiary/aromatic N) is 4. The molecular formula is C26H20N4O4. The second-order valence-corrected chi connectivity index (χ2v) is 7.50. The fourth-order valence-corrected chi connectivity index (χ4v) is 3.78. The summed E-state index contributed by atoms with van der Waals surface area (Å²) in [6.07, 6.45) is 17.7. The van der Waals surface area contributed by atoms with Gasteiger partial charge < -0.3 is 9.47 Å². The Balaban J connectivity index is 1.69. The third kappa shape index (κ3) is 4.01. The zero-order valence-electron chi connectivity index (χ0n) is 18.6. The van der Waals surface area contributed by atoms with Crippen molar-refractivity contribution in [2.75, 3.05) is 13.2 Å². The van der Waals surface area contributed by atoms with E-state index in [1.807, 2.05) is 0 Å². The first kappa shape index (κ1) is 21.4. The molecule has 0 fully saturated rings. The second-order valence-electron chi connectivity index (χ2n) is 7.50. The molecule has 5 rings (SSSR count). The van der Waals surface area contributed by atoms with E-state index in [0.29, 0.717) is 56.8 Å². The molecule has 0 saturated carbocycles. The molecule has 5 aliphatic heterocycles. The fraction of sp³-hybridized carbons (Fsp3) is 0.154. The molecule has 0 aromatic carbocycles. The Bertz CT molecular complexity index is 1280. The molecule has 8 nitrogen and oxygen atoms in total. The Hall–Kier alpha value is -4.46. The maximum atomic E-state index is 12.8. The Morgan fingerprint density at radius 2 is 1.06 bits per heavy atom. The molecule has 0 unspecified atom stereocenters. The molecule has 0 atom stereocenters. The minimum atomic E-state index is -0.492. The van der Waals surface area contributed by atoms with Crippen molar-refractivity contribution in [2.24, 2.45) is 20.0 Å². The highest BCUT2D eigenvalue weighted by atomic mass is 16.5. The summed E-state index contributed by atoms with van der Waals surface area (Å²) >= 11 is 0. The van der Waals surface area contributed by atoms with Gasteiger partial charge in [0.25, 0.3) is 0 Å². The van der Waals surface area contributed by atoms with Gasteiger partial charge in [0.15, 0.2) is 0 Å². The fourth-order valence-electron chi connectivity index (χ4n) is 3.78. The zero-order chi connectivity index (χ0) is 23.7. The smallest absolute Gasteiger partial charge is 0.342 e. The highest BCUT2D eigenvalue weighted by Crippen LogP contribution is 2.26. The standard InChI is InChI=1S/C26H20N4O4/c1-3-33-25(31)23-19-9-5-15(27-19)13-17-7-11-21(29-17)24(26(32)34-4-2)22-12-8-18(30-22)14-16-6-10-20(23)28-16/h5-14H,3-4H2,1-2H3. The van der Waals surface area contributed by atoms with Crippen molar-refractivity contribution in [1.82, 2.24) is 0 Å². The number of hydrogen-bond acceptors (Lipinski definition) is 8. The predicted octanol–water partition coefficient (Wildman–Crippen LogP) is 3.45. The molecule has 5 aliphatic rings. The molecule has 0 spiro atoms. The first-order chi connectivity index (χ1) is 16.6. The van der Waals surface area contributed by atoms with Gasteiger partial charge in [0.1, 0.15) is 11.1 Å². The lowest BCUT2D eigenvalue weighted by atomic mass is 10.1. The Morgan fingerprint density at radius 3 is 1.47 bits per heavy atom. The number of aliphatic imine (C=N–C) groups is 4. The third-order valence-corrected chi connectivity index (χ3v) is 5.22. The normalized spacial score (nSPS) is 19.7. The summed E-state index contributed by atoms with van der Waals surface area (Å²) in [5, 5.41) is 0. The molecule has 0 N–H and O–H groups in total. The van der Waals surface area contributed by atoms with Crippen molar-refractivity contribution >= 4 is 34.8 Å². The molecule has 5 heterocycles. The number of rotatable bonds is 4. The van der Waals surface area contributed by atoms with Crippen LogP contribution in [0.5, 0.6) is 0 Å². The van der Waals surface area contributed by atoms with Crippen LogP contribution in [0.4, 0.5) is 0 Å². The summed E-state index contributed by atoms with van der Waals surface area (Å²) in [7, 11) is 0. The van der Waals surface area contributed by atoms with E-state index in [2.05, 4.69) is 20.0 Å². The van der Waals surface area contributed by atoms with E-state index in [1.54, 1.807) is 74.6 Å². The number of fused-ring (bicyclic) bond motifs is 4. The molecule has 8 bridgehead atoms. The maximum Gasteiger partial charge on any atom is 0.342 e. The first-order valence-electron chi connectivity index (χ1n) is 10.9. The molecular weight excluding hydrogens is 432 g/mol. The van der Waals surface area contributed by atoms with Crippen molar-refractivity contribution in [3.8, 4) is 0 Å². The van der Waals surface area contributed by atoms with Crippen molar-refractivity contribution in [3.63, 3.8) is 0 Å². The summed E-state index contributed by atoms with van der Waals surface area (Å²) in [4.78, 5) is 43.9. The third-order valence-electron chi connectivity index (χ3n) is 5.22. The molecule has 0 aromatic heterocycles. The van der Waals surface area contributed by atoms with Gasteiger partial charge in [-0.3, -0.25) is 0 Å². The van der Waals surface area contributed by atoms with Gasteiger partial charge in [0.05, 0.1) is 58.8 Å². The van der Waals surface area contributed by atoms with Crippen LogP contribution in [0.2, 0.25) is 0 Å². The lowest BCUT2D eigenvalue weighted by Gasteiger charge is -2.07. The molecule has 0 amide bonds. The average Bonchev–Trinajstić information content (AvgIpc) is 3.60. The number of carbonyl (C=O) groups is 2. The highest BCUT2D eigenvalue weighted by Gasteiger charge is 2.26. The monoisotopic (exact) mass is 452 g/mol. The van der Waals surface area contributed by atoms with Crippen molar-refractivity contribution < 1.29 is 19.1 Å². The first-order valence-corrected chi connectivity index (χ1v) is 10.9. The molecule has 0 aliphatic carbocycles. The minimum absolute atomic E-state index is 0.238. The van der Waals surface area contributed by atoms with Gasteiger partial charge in [-0.1, -0.05) is 0 Å². The summed E-state index contributed by atoms with van der Waals surface area (Å²) in [6, 6.07) is 0. The summed E-state index contributed by atoms with van der Waals surface area (Å²) in [5.41, 5.74) is 4.85. The quantitative estimate of drug-likeness (QED) is 0.610. The molecule has 0 radical (unpaired) electrons. The van der Waals surface area contributed by atoms with Gasteiger partial charge >= 0.3 is 11.9 Å². The van der Waals surface area contributed by atoms with Crippen molar-refractivity contribution in [2.45, 2.75) is 13.8 Å². The average molecular weight is 452 g/mol. The number of ether oxygens (including phenoxy) is 2. The number of allylic oxidation sites excluding steroid dienone is 10. The summed E-state index contributed by atoms with van der Waals surface area (Å²) in [6.45, 7) is 3.98. The lowest BCUT2D eigenvalue weighted by Crippen LogP contribution is -2.15. The predicted molar refractivity (Wildman–Crippen MR) is 130 cm³/mol. The van der Waals surface area contributed by atoms with Crippen LogP contribution in [0, 0.1) is 0 Å². The molecule has 34 heavy (non-hydrogen) atoms. The van der Waals surface area contributed by atoms with Crippen LogP contribution in [0.1, 0.15) is 13.8 Å². The molecule has 0 aromatic rings. The Kier molecular flexibility index (Phi) is 5.55. The van der Waals surface area contributed by atoms with Crippen LogP contribution in [0.3, 0.4) is 0 Å². The SMILES string of the molecule is CCOC(=O)C1=C2C=CC(=N2)C=C2C=CC(=N2)C(C(=O)OCC)=C2C=CC(=N2)C=C2C=CC1=N2. The van der Waals surface area contributed by atoms with E-state index in [0.717, 1.165) is 0 Å². The minimum Gasteiger partial charge on any atom is -0.462 e. The van der Waals surface area contributed by atoms with Crippen LogP contribution >= 0.6 is 0 Å². The van der Waals surface area contributed by atoms with Gasteiger partial charge in [0, 0.05) is 0 Å². The molecule has 8 heteroatoms. The maximum absolute atomic E-state index is 12.8. The molecule has 168 valence electrons. The number of hydrogen-bond donors (Lipinski definition) is 0. The van der Waals surface area contributed by atoms with Gasteiger partial charge in [0.2, 0.25) is 0 Å². The Labute approximate surface area is 195 Å². The van der Waals surface area contributed by atoms with Gasteiger partial charge in [-0.25, -0.2) is 29.6 Å². The summed E-state index contributed by atoms with van der Waals surface area (Å²) < 4.78 is 10.5. The van der Waals surface area contributed by atoms with Crippen LogP contribution in [-0.2, 0) is 19.1 Å². The van der Waals surface area contributed by atoms with Crippen molar-refractivity contribution in [1.29, 1.82) is 0 Å².